The molecule has 1 aliphatic rings. The van der Waals surface area contributed by atoms with E-state index in [4.69, 9.17) is 28.9 Å². The molecule has 1 fully saturated rings. The zero-order chi connectivity index (χ0) is 14.8. The average molecular weight is 324 g/mol. The van der Waals surface area contributed by atoms with Crippen molar-refractivity contribution >= 4 is 40.7 Å². The first-order chi connectivity index (χ1) is 10.1. The molecule has 2 N–H and O–H groups in total. The maximum atomic E-state index is 6.22. The molecule has 0 atom stereocenters. The van der Waals surface area contributed by atoms with Crippen LogP contribution in [0, 0.1) is 0 Å². The van der Waals surface area contributed by atoms with Crippen LogP contribution < -0.4 is 15.5 Å². The van der Waals surface area contributed by atoms with Crippen LogP contribution in [0.3, 0.4) is 0 Å². The largest absolute Gasteiger partial charge is 0.382 e. The van der Waals surface area contributed by atoms with Gasteiger partial charge >= 0.3 is 0 Å². The summed E-state index contributed by atoms with van der Waals surface area (Å²) in [5.41, 5.74) is 5.77. The number of piperazine rings is 1. The van der Waals surface area contributed by atoms with Crippen LogP contribution in [0.25, 0.3) is 0 Å². The van der Waals surface area contributed by atoms with Gasteiger partial charge in [0.1, 0.15) is 17.5 Å². The lowest BCUT2D eigenvalue weighted by Crippen LogP contribution is -2.47. The van der Waals surface area contributed by atoms with Crippen molar-refractivity contribution < 1.29 is 0 Å². The summed E-state index contributed by atoms with van der Waals surface area (Å²) in [4.78, 5) is 13.0. The molecular formula is C14H15Cl2N5. The number of nitrogens with zero attached hydrogens (tertiary/aromatic N) is 4. The van der Waals surface area contributed by atoms with Gasteiger partial charge in [-0.15, -0.1) is 0 Å². The van der Waals surface area contributed by atoms with Crippen molar-refractivity contribution in [3.8, 4) is 0 Å². The first kappa shape index (κ1) is 14.2. The standard InChI is InChI=1S/C14H15Cl2N5/c15-10-9-11(16)14(19-13(10)17)21-7-5-20(6-8-21)12-3-1-2-4-18-12/h1-4,9H,5-8H2,(H2,17,19). The van der Waals surface area contributed by atoms with Crippen molar-refractivity contribution in [1.82, 2.24) is 9.97 Å². The van der Waals surface area contributed by atoms with Gasteiger partial charge in [-0.25, -0.2) is 9.97 Å². The maximum absolute atomic E-state index is 6.22. The molecule has 0 unspecified atom stereocenters. The molecule has 5 nitrogen and oxygen atoms in total. The Balaban J connectivity index is 1.73. The van der Waals surface area contributed by atoms with Crippen LogP contribution in [0.4, 0.5) is 17.5 Å². The highest BCUT2D eigenvalue weighted by atomic mass is 35.5. The first-order valence-electron chi connectivity index (χ1n) is 6.67. The van der Waals surface area contributed by atoms with Gasteiger partial charge in [-0.3, -0.25) is 0 Å². The van der Waals surface area contributed by atoms with Crippen LogP contribution >= 0.6 is 23.2 Å². The molecule has 3 heterocycles. The van der Waals surface area contributed by atoms with E-state index in [0.29, 0.717) is 21.7 Å². The van der Waals surface area contributed by atoms with Gasteiger partial charge in [-0.2, -0.15) is 0 Å². The lowest BCUT2D eigenvalue weighted by Gasteiger charge is -2.36. The molecule has 3 rings (SSSR count). The van der Waals surface area contributed by atoms with E-state index < -0.39 is 0 Å². The van der Waals surface area contributed by atoms with Crippen molar-refractivity contribution in [1.29, 1.82) is 0 Å². The summed E-state index contributed by atoms with van der Waals surface area (Å²) in [6, 6.07) is 7.57. The Morgan fingerprint density at radius 3 is 2.38 bits per heavy atom. The van der Waals surface area contributed by atoms with Gasteiger partial charge in [-0.1, -0.05) is 29.3 Å². The summed E-state index contributed by atoms with van der Waals surface area (Å²) in [6.45, 7) is 3.34. The Morgan fingerprint density at radius 1 is 1.00 bits per heavy atom. The molecule has 0 saturated carbocycles. The molecule has 0 radical (unpaired) electrons. The molecule has 110 valence electrons. The number of nitrogen functional groups attached to an aromatic ring is 1. The van der Waals surface area contributed by atoms with Gasteiger partial charge in [0.2, 0.25) is 0 Å². The molecule has 0 aliphatic carbocycles. The molecule has 1 aliphatic heterocycles. The predicted octanol–water partition coefficient (Wildman–Crippen LogP) is 2.69. The average Bonchev–Trinajstić information content (AvgIpc) is 2.52. The van der Waals surface area contributed by atoms with E-state index in [1.807, 2.05) is 18.2 Å². The molecule has 1 saturated heterocycles. The van der Waals surface area contributed by atoms with E-state index in [-0.39, 0.29) is 0 Å². The van der Waals surface area contributed by atoms with Gasteiger partial charge < -0.3 is 15.5 Å². The minimum absolute atomic E-state index is 0.309. The summed E-state index contributed by atoms with van der Waals surface area (Å²) in [7, 11) is 0. The summed E-state index contributed by atoms with van der Waals surface area (Å²) in [5, 5.41) is 0.913. The molecule has 0 spiro atoms. The SMILES string of the molecule is Nc1nc(N2CCN(c3ccccn3)CC2)c(Cl)cc1Cl. The second-order valence-electron chi connectivity index (χ2n) is 4.82. The third-order valence-electron chi connectivity index (χ3n) is 3.49. The number of anilines is 3. The number of pyridine rings is 2. The van der Waals surface area contributed by atoms with Gasteiger partial charge in [0, 0.05) is 32.4 Å². The monoisotopic (exact) mass is 323 g/mol. The highest BCUT2D eigenvalue weighted by molar-refractivity contribution is 6.37. The van der Waals surface area contributed by atoms with Crippen molar-refractivity contribution in [3.05, 3.63) is 40.5 Å². The summed E-state index contributed by atoms with van der Waals surface area (Å²) in [6.07, 6.45) is 1.81. The Morgan fingerprint density at radius 2 is 1.71 bits per heavy atom. The zero-order valence-corrected chi connectivity index (χ0v) is 12.8. The van der Waals surface area contributed by atoms with Gasteiger partial charge in [0.25, 0.3) is 0 Å². The molecule has 0 bridgehead atoms. The molecule has 2 aromatic heterocycles. The van der Waals surface area contributed by atoms with E-state index in [9.17, 15) is 0 Å². The zero-order valence-electron chi connectivity index (χ0n) is 11.3. The van der Waals surface area contributed by atoms with E-state index in [0.717, 1.165) is 32.0 Å². The number of hydrogen-bond donors (Lipinski definition) is 1. The fourth-order valence-corrected chi connectivity index (χ4v) is 2.86. The summed E-state index contributed by atoms with van der Waals surface area (Å²) >= 11 is 12.1. The second-order valence-corrected chi connectivity index (χ2v) is 5.64. The Bertz CT molecular complexity index is 627. The molecule has 0 amide bonds. The van der Waals surface area contributed by atoms with Crippen LogP contribution in [0.1, 0.15) is 0 Å². The van der Waals surface area contributed by atoms with Crippen LogP contribution in [0.5, 0.6) is 0 Å². The number of rotatable bonds is 2. The van der Waals surface area contributed by atoms with Crippen molar-refractivity contribution in [2.75, 3.05) is 41.7 Å². The van der Waals surface area contributed by atoms with Crippen molar-refractivity contribution in [3.63, 3.8) is 0 Å². The summed E-state index contributed by atoms with van der Waals surface area (Å²) < 4.78 is 0. The highest BCUT2D eigenvalue weighted by Crippen LogP contribution is 2.30. The normalized spacial score (nSPS) is 15.3. The Kier molecular flexibility index (Phi) is 4.03. The molecule has 21 heavy (non-hydrogen) atoms. The van der Waals surface area contributed by atoms with Crippen molar-refractivity contribution in [2.45, 2.75) is 0 Å². The highest BCUT2D eigenvalue weighted by Gasteiger charge is 2.21. The Labute approximate surface area is 133 Å². The number of hydrogen-bond acceptors (Lipinski definition) is 5. The Hall–Kier alpha value is -1.72. The van der Waals surface area contributed by atoms with Crippen LogP contribution in [0.15, 0.2) is 30.5 Å². The third kappa shape index (κ3) is 2.99. The van der Waals surface area contributed by atoms with E-state index in [1.54, 1.807) is 12.3 Å². The minimum atomic E-state index is 0.309. The fourth-order valence-electron chi connectivity index (χ4n) is 2.38. The van der Waals surface area contributed by atoms with Crippen LogP contribution in [-0.4, -0.2) is 36.1 Å². The maximum Gasteiger partial charge on any atom is 0.150 e. The first-order valence-corrected chi connectivity index (χ1v) is 7.43. The van der Waals surface area contributed by atoms with Gasteiger partial charge in [0.15, 0.2) is 0 Å². The second kappa shape index (κ2) is 5.95. The van der Waals surface area contributed by atoms with Crippen LogP contribution in [-0.2, 0) is 0 Å². The fraction of sp³-hybridized carbons (Fsp3) is 0.286. The molecule has 0 aromatic carbocycles. The topological polar surface area (TPSA) is 58.3 Å². The van der Waals surface area contributed by atoms with Crippen LogP contribution in [0.2, 0.25) is 10.0 Å². The predicted molar refractivity (Wildman–Crippen MR) is 87.3 cm³/mol. The van der Waals surface area contributed by atoms with E-state index >= 15 is 0 Å². The quantitative estimate of drug-likeness (QED) is 0.920. The smallest absolute Gasteiger partial charge is 0.150 e. The lowest BCUT2D eigenvalue weighted by atomic mass is 10.3. The minimum Gasteiger partial charge on any atom is -0.382 e. The molecular weight excluding hydrogens is 309 g/mol. The number of halogens is 2. The van der Waals surface area contributed by atoms with Gasteiger partial charge in [-0.05, 0) is 18.2 Å². The van der Waals surface area contributed by atoms with E-state index in [1.165, 1.54) is 0 Å². The third-order valence-corrected chi connectivity index (χ3v) is 4.07. The number of nitrogens with two attached hydrogens (primary N) is 1. The summed E-state index contributed by atoms with van der Waals surface area (Å²) in [5.74, 6) is 1.99. The van der Waals surface area contributed by atoms with E-state index in [2.05, 4.69) is 19.8 Å². The van der Waals surface area contributed by atoms with Gasteiger partial charge in [0.05, 0.1) is 10.0 Å². The molecule has 7 heteroatoms. The number of aromatic nitrogens is 2. The van der Waals surface area contributed by atoms with Crippen molar-refractivity contribution in [2.24, 2.45) is 0 Å². The molecule has 2 aromatic rings. The lowest BCUT2D eigenvalue weighted by molar-refractivity contribution is 0.642.